The predicted octanol–water partition coefficient (Wildman–Crippen LogP) is 4.18. The van der Waals surface area contributed by atoms with E-state index < -0.39 is 11.7 Å². The molecule has 9 heteroatoms. The molecule has 0 spiro atoms. The van der Waals surface area contributed by atoms with Gasteiger partial charge in [0.25, 0.3) is 5.91 Å². The Balaban J connectivity index is 1.52. The van der Waals surface area contributed by atoms with Crippen molar-refractivity contribution in [1.29, 1.82) is 5.26 Å². The quantitative estimate of drug-likeness (QED) is 0.306. The molecule has 34 heavy (non-hydrogen) atoms. The van der Waals surface area contributed by atoms with E-state index in [4.69, 9.17) is 5.26 Å². The third-order valence-electron chi connectivity index (χ3n) is 4.91. The number of Topliss-reactive ketones (excluding diaryl/α,β-unsaturated/α-hetero) is 1. The lowest BCUT2D eigenvalue weighted by Gasteiger charge is -2.11. The van der Waals surface area contributed by atoms with Gasteiger partial charge in [-0.2, -0.15) is 5.26 Å². The van der Waals surface area contributed by atoms with Gasteiger partial charge in [0.15, 0.2) is 16.8 Å². The van der Waals surface area contributed by atoms with Crippen LogP contribution in [0.4, 0.5) is 4.39 Å². The van der Waals surface area contributed by atoms with Gasteiger partial charge in [-0.05, 0) is 36.4 Å². The molecular weight excluding hydrogens is 453 g/mol. The fraction of sp³-hybridized carbons (Fsp3) is 0.0800. The van der Waals surface area contributed by atoms with E-state index in [1.807, 2.05) is 36.4 Å². The topological polar surface area (TPSA) is 101 Å². The molecule has 0 unspecified atom stereocenters. The molecule has 0 fully saturated rings. The smallest absolute Gasteiger partial charge is 0.254 e. The van der Waals surface area contributed by atoms with Crippen molar-refractivity contribution in [1.82, 2.24) is 20.1 Å². The number of aromatic nitrogens is 3. The van der Waals surface area contributed by atoms with Crippen molar-refractivity contribution in [2.75, 3.05) is 5.75 Å². The lowest BCUT2D eigenvalue weighted by atomic mass is 10.1. The first-order chi connectivity index (χ1) is 16.6. The highest BCUT2D eigenvalue weighted by Gasteiger charge is 2.18. The minimum Gasteiger partial charge on any atom is -0.345 e. The van der Waals surface area contributed by atoms with E-state index in [1.165, 1.54) is 30.0 Å². The van der Waals surface area contributed by atoms with E-state index in [2.05, 4.69) is 15.5 Å². The highest BCUT2D eigenvalue weighted by molar-refractivity contribution is 7.99. The van der Waals surface area contributed by atoms with E-state index in [-0.39, 0.29) is 23.6 Å². The van der Waals surface area contributed by atoms with Crippen LogP contribution in [0, 0.1) is 17.1 Å². The van der Waals surface area contributed by atoms with Gasteiger partial charge in [0.05, 0.1) is 29.5 Å². The van der Waals surface area contributed by atoms with Crippen molar-refractivity contribution in [2.45, 2.75) is 11.7 Å². The molecule has 168 valence electrons. The molecule has 0 bridgehead atoms. The van der Waals surface area contributed by atoms with Gasteiger partial charge in [-0.25, -0.2) is 4.39 Å². The van der Waals surface area contributed by atoms with Gasteiger partial charge < -0.3 is 5.32 Å². The number of nitrogens with one attached hydrogen (secondary N) is 1. The number of rotatable bonds is 8. The van der Waals surface area contributed by atoms with Gasteiger partial charge in [0, 0.05) is 11.3 Å². The second-order valence-electron chi connectivity index (χ2n) is 7.13. The van der Waals surface area contributed by atoms with Crippen LogP contribution in [0.3, 0.4) is 0 Å². The lowest BCUT2D eigenvalue weighted by molar-refractivity contribution is 0.0944. The van der Waals surface area contributed by atoms with E-state index in [0.717, 1.165) is 5.69 Å². The number of benzene rings is 3. The minimum absolute atomic E-state index is 0.0131. The summed E-state index contributed by atoms with van der Waals surface area (Å²) in [6, 6.07) is 23.5. The zero-order valence-electron chi connectivity index (χ0n) is 17.8. The Bertz CT molecular complexity index is 1360. The summed E-state index contributed by atoms with van der Waals surface area (Å²) >= 11 is 1.21. The van der Waals surface area contributed by atoms with E-state index >= 15 is 0 Å². The molecule has 0 saturated heterocycles. The second-order valence-corrected chi connectivity index (χ2v) is 8.08. The molecule has 3 aromatic carbocycles. The van der Waals surface area contributed by atoms with Crippen molar-refractivity contribution in [3.05, 3.63) is 107 Å². The number of amides is 1. The highest BCUT2D eigenvalue weighted by Crippen LogP contribution is 2.23. The van der Waals surface area contributed by atoms with E-state index in [1.54, 1.807) is 34.9 Å². The van der Waals surface area contributed by atoms with Crippen molar-refractivity contribution in [2.24, 2.45) is 0 Å². The Kier molecular flexibility index (Phi) is 7.10. The first-order valence-electron chi connectivity index (χ1n) is 10.3. The van der Waals surface area contributed by atoms with Gasteiger partial charge in [-0.1, -0.05) is 54.2 Å². The summed E-state index contributed by atoms with van der Waals surface area (Å²) in [6.07, 6.45) is 0. The summed E-state index contributed by atoms with van der Waals surface area (Å²) in [5.74, 6) is -0.748. The number of carbonyl (C=O) groups excluding carboxylic acids is 2. The molecule has 1 heterocycles. The Morgan fingerprint density at radius 1 is 0.971 bits per heavy atom. The zero-order valence-corrected chi connectivity index (χ0v) is 18.6. The fourth-order valence-electron chi connectivity index (χ4n) is 3.19. The van der Waals surface area contributed by atoms with Gasteiger partial charge >= 0.3 is 0 Å². The molecular formula is C25H18FN5O2S. The minimum atomic E-state index is -0.609. The van der Waals surface area contributed by atoms with E-state index in [9.17, 15) is 14.0 Å². The van der Waals surface area contributed by atoms with Crippen LogP contribution in [0.1, 0.15) is 32.1 Å². The van der Waals surface area contributed by atoms with Gasteiger partial charge in [0.1, 0.15) is 5.82 Å². The molecule has 0 radical (unpaired) electrons. The predicted molar refractivity (Wildman–Crippen MR) is 125 cm³/mol. The summed E-state index contributed by atoms with van der Waals surface area (Å²) in [6.45, 7) is 0.0131. The van der Waals surface area contributed by atoms with Crippen LogP contribution < -0.4 is 5.32 Å². The molecule has 1 amide bonds. The second kappa shape index (κ2) is 10.6. The average Bonchev–Trinajstić information content (AvgIpc) is 3.29. The van der Waals surface area contributed by atoms with Crippen molar-refractivity contribution in [3.63, 3.8) is 0 Å². The Morgan fingerprint density at radius 2 is 1.68 bits per heavy atom. The van der Waals surface area contributed by atoms with Crippen LogP contribution in [0.15, 0.2) is 84.0 Å². The molecule has 4 aromatic rings. The lowest BCUT2D eigenvalue weighted by Crippen LogP contribution is -2.25. The van der Waals surface area contributed by atoms with Gasteiger partial charge in [0.2, 0.25) is 0 Å². The Hall–Kier alpha value is -4.29. The number of thioether (sulfide) groups is 1. The number of hydrogen-bond donors (Lipinski definition) is 1. The van der Waals surface area contributed by atoms with Gasteiger partial charge in [-0.3, -0.25) is 14.2 Å². The van der Waals surface area contributed by atoms with Crippen LogP contribution in [0.25, 0.3) is 5.69 Å². The molecule has 0 aliphatic heterocycles. The molecule has 1 aromatic heterocycles. The van der Waals surface area contributed by atoms with Crippen LogP contribution in [0.2, 0.25) is 0 Å². The molecule has 1 N–H and O–H groups in total. The maximum Gasteiger partial charge on any atom is 0.254 e. The number of nitriles is 1. The maximum absolute atomic E-state index is 13.9. The average molecular weight is 472 g/mol. The zero-order chi connectivity index (χ0) is 23.9. The summed E-state index contributed by atoms with van der Waals surface area (Å²) < 4.78 is 15.7. The summed E-state index contributed by atoms with van der Waals surface area (Å²) in [7, 11) is 0. The largest absolute Gasteiger partial charge is 0.345 e. The first kappa shape index (κ1) is 22.9. The van der Waals surface area contributed by atoms with Crippen LogP contribution in [-0.4, -0.2) is 32.2 Å². The number of carbonyl (C=O) groups is 2. The number of nitrogens with zero attached hydrogens (tertiary/aromatic N) is 4. The molecule has 4 rings (SSSR count). The summed E-state index contributed by atoms with van der Waals surface area (Å²) in [5, 5.41) is 20.5. The summed E-state index contributed by atoms with van der Waals surface area (Å²) in [4.78, 5) is 25.1. The van der Waals surface area contributed by atoms with Crippen molar-refractivity contribution in [3.8, 4) is 11.8 Å². The Morgan fingerprint density at radius 3 is 2.38 bits per heavy atom. The summed E-state index contributed by atoms with van der Waals surface area (Å²) in [5.41, 5.74) is 1.68. The number of para-hydroxylation sites is 1. The number of halogens is 1. The molecule has 0 aliphatic rings. The molecule has 0 atom stereocenters. The fourth-order valence-corrected chi connectivity index (χ4v) is 4.05. The monoisotopic (exact) mass is 471 g/mol. The van der Waals surface area contributed by atoms with Crippen LogP contribution >= 0.6 is 11.8 Å². The van der Waals surface area contributed by atoms with Crippen LogP contribution in [0.5, 0.6) is 0 Å². The molecule has 7 nitrogen and oxygen atoms in total. The first-order valence-corrected chi connectivity index (χ1v) is 11.2. The van der Waals surface area contributed by atoms with Crippen molar-refractivity contribution < 1.29 is 14.0 Å². The van der Waals surface area contributed by atoms with Crippen LogP contribution in [-0.2, 0) is 6.54 Å². The number of ketones is 1. The van der Waals surface area contributed by atoms with Gasteiger partial charge in [-0.15, -0.1) is 10.2 Å². The highest BCUT2D eigenvalue weighted by atomic mass is 32.2. The third-order valence-corrected chi connectivity index (χ3v) is 5.84. The third kappa shape index (κ3) is 5.19. The SMILES string of the molecule is N#Cc1ccc(C(=O)CSc2nnc(CNC(=O)c3ccccc3F)n2-c2ccccc2)cc1. The standard InChI is InChI=1S/C25H18FN5O2S/c26-21-9-5-4-8-20(21)24(33)28-15-23-29-30-25(31(23)19-6-2-1-3-7-19)34-16-22(32)18-12-10-17(14-27)11-13-18/h1-13H,15-16H2,(H,28,33). The number of hydrogen-bond acceptors (Lipinski definition) is 6. The Labute approximate surface area is 199 Å². The maximum atomic E-state index is 13.9. The van der Waals surface area contributed by atoms with Crippen molar-refractivity contribution >= 4 is 23.5 Å². The van der Waals surface area contributed by atoms with E-state index in [0.29, 0.717) is 22.1 Å². The molecule has 0 saturated carbocycles. The molecule has 0 aliphatic carbocycles. The normalized spacial score (nSPS) is 10.5.